The molecule has 0 radical (unpaired) electrons. The van der Waals surface area contributed by atoms with Crippen molar-refractivity contribution in [2.45, 2.75) is 19.3 Å². The molecule has 1 aliphatic heterocycles. The predicted molar refractivity (Wildman–Crippen MR) is 107 cm³/mol. The second-order valence-corrected chi connectivity index (χ2v) is 6.97. The largest absolute Gasteiger partial charge is 0.495 e. The summed E-state index contributed by atoms with van der Waals surface area (Å²) in [5, 5.41) is 4.08. The maximum Gasteiger partial charge on any atom is 0.143 e. The molecule has 1 saturated heterocycles. The number of methoxy groups -OCH3 is 1. The number of rotatable bonds is 4. The number of anilines is 3. The third-order valence-corrected chi connectivity index (χ3v) is 5.10. The first-order valence-electron chi connectivity index (χ1n) is 8.95. The Bertz CT molecular complexity index is 976. The van der Waals surface area contributed by atoms with Gasteiger partial charge in [0.1, 0.15) is 23.7 Å². The SMILES string of the molecule is COc1cc2c(Nc3ccc(F)c(Cl)c3)ncnc2cc1N1CCCCC1. The van der Waals surface area contributed by atoms with Gasteiger partial charge in [-0.05, 0) is 49.6 Å². The van der Waals surface area contributed by atoms with Gasteiger partial charge < -0.3 is 15.0 Å². The number of fused-ring (bicyclic) bond motifs is 1. The number of piperidine rings is 1. The van der Waals surface area contributed by atoms with E-state index in [0.29, 0.717) is 11.5 Å². The van der Waals surface area contributed by atoms with Crippen LogP contribution < -0.4 is 15.0 Å². The zero-order chi connectivity index (χ0) is 18.8. The van der Waals surface area contributed by atoms with Crippen LogP contribution in [0.3, 0.4) is 0 Å². The summed E-state index contributed by atoms with van der Waals surface area (Å²) in [4.78, 5) is 11.1. The zero-order valence-electron chi connectivity index (χ0n) is 15.0. The number of aromatic nitrogens is 2. The van der Waals surface area contributed by atoms with Gasteiger partial charge in [0.2, 0.25) is 0 Å². The van der Waals surface area contributed by atoms with Crippen molar-refractivity contribution in [2.24, 2.45) is 0 Å². The molecule has 140 valence electrons. The van der Waals surface area contributed by atoms with Crippen molar-refractivity contribution in [2.75, 3.05) is 30.4 Å². The molecule has 1 fully saturated rings. The third kappa shape index (κ3) is 3.62. The number of hydrogen-bond acceptors (Lipinski definition) is 5. The van der Waals surface area contributed by atoms with Crippen molar-refractivity contribution < 1.29 is 9.13 Å². The van der Waals surface area contributed by atoms with Gasteiger partial charge in [-0.2, -0.15) is 0 Å². The number of ether oxygens (including phenoxy) is 1. The fourth-order valence-electron chi connectivity index (χ4n) is 3.43. The van der Waals surface area contributed by atoms with Gasteiger partial charge in [-0.15, -0.1) is 0 Å². The van der Waals surface area contributed by atoms with Crippen molar-refractivity contribution in [1.82, 2.24) is 9.97 Å². The molecule has 2 aromatic carbocycles. The number of benzene rings is 2. The van der Waals surface area contributed by atoms with Gasteiger partial charge >= 0.3 is 0 Å². The highest BCUT2D eigenvalue weighted by Crippen LogP contribution is 2.36. The van der Waals surface area contributed by atoms with E-state index >= 15 is 0 Å². The van der Waals surface area contributed by atoms with E-state index in [-0.39, 0.29) is 5.02 Å². The Labute approximate surface area is 162 Å². The monoisotopic (exact) mass is 386 g/mol. The molecule has 0 atom stereocenters. The minimum Gasteiger partial charge on any atom is -0.495 e. The summed E-state index contributed by atoms with van der Waals surface area (Å²) in [6, 6.07) is 8.47. The maximum absolute atomic E-state index is 13.4. The van der Waals surface area contributed by atoms with Gasteiger partial charge in [0, 0.05) is 24.2 Å². The molecule has 2 heterocycles. The minimum atomic E-state index is -0.456. The molecular weight excluding hydrogens is 367 g/mol. The molecular formula is C20H20ClFN4O. The Morgan fingerprint density at radius 3 is 2.67 bits per heavy atom. The van der Waals surface area contributed by atoms with Crippen LogP contribution in [0, 0.1) is 5.82 Å². The predicted octanol–water partition coefficient (Wildman–Crippen LogP) is 5.16. The van der Waals surface area contributed by atoms with Crippen molar-refractivity contribution in [3.63, 3.8) is 0 Å². The van der Waals surface area contributed by atoms with Crippen molar-refractivity contribution in [3.05, 3.63) is 47.5 Å². The van der Waals surface area contributed by atoms with Gasteiger partial charge in [0.05, 0.1) is 23.3 Å². The number of nitrogens with one attached hydrogen (secondary N) is 1. The zero-order valence-corrected chi connectivity index (χ0v) is 15.8. The van der Waals surface area contributed by atoms with E-state index in [2.05, 4.69) is 20.2 Å². The summed E-state index contributed by atoms with van der Waals surface area (Å²) >= 11 is 5.88. The topological polar surface area (TPSA) is 50.3 Å². The minimum absolute atomic E-state index is 0.0586. The number of nitrogens with zero attached hydrogens (tertiary/aromatic N) is 3. The van der Waals surface area contributed by atoms with E-state index in [9.17, 15) is 4.39 Å². The Morgan fingerprint density at radius 1 is 1.11 bits per heavy atom. The Kier molecular flexibility index (Phi) is 4.99. The Hall–Kier alpha value is -2.60. The molecule has 0 unspecified atom stereocenters. The van der Waals surface area contributed by atoms with Crippen LogP contribution in [0.4, 0.5) is 21.6 Å². The molecule has 1 N–H and O–H groups in total. The van der Waals surface area contributed by atoms with E-state index in [1.807, 2.05) is 12.1 Å². The third-order valence-electron chi connectivity index (χ3n) is 4.82. The molecule has 0 saturated carbocycles. The average Bonchev–Trinajstić information content (AvgIpc) is 2.70. The number of halogens is 2. The highest BCUT2D eigenvalue weighted by molar-refractivity contribution is 6.31. The molecule has 1 aromatic heterocycles. The molecule has 27 heavy (non-hydrogen) atoms. The van der Waals surface area contributed by atoms with Crippen LogP contribution in [-0.2, 0) is 0 Å². The molecule has 7 heteroatoms. The first-order valence-corrected chi connectivity index (χ1v) is 9.33. The molecule has 0 amide bonds. The van der Waals surface area contributed by atoms with Crippen LogP contribution in [0.2, 0.25) is 5.02 Å². The van der Waals surface area contributed by atoms with Crippen molar-refractivity contribution >= 4 is 39.7 Å². The summed E-state index contributed by atoms with van der Waals surface area (Å²) in [7, 11) is 1.67. The summed E-state index contributed by atoms with van der Waals surface area (Å²) in [6.07, 6.45) is 5.15. The van der Waals surface area contributed by atoms with Crippen molar-refractivity contribution in [3.8, 4) is 5.75 Å². The van der Waals surface area contributed by atoms with Crippen molar-refractivity contribution in [1.29, 1.82) is 0 Å². The quantitative estimate of drug-likeness (QED) is 0.670. The standard InChI is InChI=1S/C20H20ClFN4O/c1-27-19-10-14-17(11-18(19)26-7-3-2-4-8-26)23-12-24-20(14)25-13-5-6-16(22)15(21)9-13/h5-6,9-12H,2-4,7-8H2,1H3,(H,23,24,25). The van der Waals surface area contributed by atoms with Gasteiger partial charge in [-0.25, -0.2) is 14.4 Å². The first kappa shape index (κ1) is 17.8. The Balaban J connectivity index is 1.74. The lowest BCUT2D eigenvalue weighted by molar-refractivity contribution is 0.413. The first-order chi connectivity index (χ1) is 13.2. The normalized spacial score (nSPS) is 14.4. The van der Waals surface area contributed by atoms with Crippen LogP contribution >= 0.6 is 11.6 Å². The van der Waals surface area contributed by atoms with E-state index in [0.717, 1.165) is 35.4 Å². The highest BCUT2D eigenvalue weighted by atomic mass is 35.5. The smallest absolute Gasteiger partial charge is 0.143 e. The average molecular weight is 387 g/mol. The van der Waals surface area contributed by atoms with Gasteiger partial charge in [0.15, 0.2) is 0 Å². The lowest BCUT2D eigenvalue weighted by Gasteiger charge is -2.30. The second-order valence-electron chi connectivity index (χ2n) is 6.57. The molecule has 4 rings (SSSR count). The highest BCUT2D eigenvalue weighted by Gasteiger charge is 2.18. The van der Waals surface area contributed by atoms with Gasteiger partial charge in [-0.3, -0.25) is 0 Å². The lowest BCUT2D eigenvalue weighted by atomic mass is 10.1. The molecule has 3 aromatic rings. The summed E-state index contributed by atoms with van der Waals surface area (Å²) in [5.41, 5.74) is 2.53. The van der Waals surface area contributed by atoms with Crippen LogP contribution in [-0.4, -0.2) is 30.2 Å². The second kappa shape index (κ2) is 7.56. The Morgan fingerprint density at radius 2 is 1.93 bits per heavy atom. The molecule has 5 nitrogen and oxygen atoms in total. The van der Waals surface area contributed by atoms with E-state index in [1.165, 1.54) is 37.7 Å². The lowest BCUT2D eigenvalue weighted by Crippen LogP contribution is -2.29. The number of hydrogen-bond donors (Lipinski definition) is 1. The summed E-state index contributed by atoms with van der Waals surface area (Å²) in [5.74, 6) is 0.952. The molecule has 0 spiro atoms. The van der Waals surface area contributed by atoms with Crippen LogP contribution in [0.25, 0.3) is 10.9 Å². The van der Waals surface area contributed by atoms with Crippen LogP contribution in [0.1, 0.15) is 19.3 Å². The van der Waals surface area contributed by atoms with Gasteiger partial charge in [0.25, 0.3) is 0 Å². The van der Waals surface area contributed by atoms with Crippen LogP contribution in [0.5, 0.6) is 5.75 Å². The van der Waals surface area contributed by atoms with E-state index in [4.69, 9.17) is 16.3 Å². The van der Waals surface area contributed by atoms with E-state index < -0.39 is 5.82 Å². The van der Waals surface area contributed by atoms with Crippen LogP contribution in [0.15, 0.2) is 36.7 Å². The molecule has 0 bridgehead atoms. The fourth-order valence-corrected chi connectivity index (χ4v) is 3.61. The van der Waals surface area contributed by atoms with E-state index in [1.54, 1.807) is 13.2 Å². The fraction of sp³-hybridized carbons (Fsp3) is 0.300. The summed E-state index contributed by atoms with van der Waals surface area (Å²) in [6.45, 7) is 2.04. The summed E-state index contributed by atoms with van der Waals surface area (Å²) < 4.78 is 19.1. The van der Waals surface area contributed by atoms with Gasteiger partial charge in [-0.1, -0.05) is 11.6 Å². The maximum atomic E-state index is 13.4. The molecule has 1 aliphatic rings. The molecule has 0 aliphatic carbocycles.